The minimum atomic E-state index is -1.43. The third kappa shape index (κ3) is 27.5. The van der Waals surface area contributed by atoms with Crippen molar-refractivity contribution in [2.75, 3.05) is 59.4 Å². The molecule has 4 aromatic heterocycles. The maximum atomic E-state index is 13.6. The van der Waals surface area contributed by atoms with Gasteiger partial charge >= 0.3 is 5.97 Å². The number of unbranched alkanes of at least 4 members (excludes halogenated alkanes) is 9. The Bertz CT molecular complexity index is 3230. The lowest BCUT2D eigenvalue weighted by Gasteiger charge is -2.42. The van der Waals surface area contributed by atoms with Crippen LogP contribution in [0.2, 0.25) is 0 Å². The fourth-order valence-corrected chi connectivity index (χ4v) is 13.8. The Hall–Kier alpha value is -5.84. The third-order valence-electron chi connectivity index (χ3n) is 20.0. The number of aryl methyl sites for hydroxylation is 4. The Balaban J connectivity index is 0.0000165. The van der Waals surface area contributed by atoms with Crippen LogP contribution in [-0.4, -0.2) is 325 Å². The van der Waals surface area contributed by atoms with Crippen molar-refractivity contribution in [1.82, 2.24) is 75.2 Å². The fourth-order valence-electron chi connectivity index (χ4n) is 13.8. The molecule has 4 aromatic rings. The zero-order chi connectivity index (χ0) is 77.8. The predicted molar refractivity (Wildman–Crippen MR) is 381 cm³/mol. The van der Waals surface area contributed by atoms with Crippen LogP contribution in [0.4, 0.5) is 0 Å². The van der Waals surface area contributed by atoms with E-state index in [2.05, 4.69) is 51.6 Å². The van der Waals surface area contributed by atoms with Crippen LogP contribution in [0, 0.1) is 11.8 Å². The van der Waals surface area contributed by atoms with Gasteiger partial charge < -0.3 is 115 Å². The monoisotopic (exact) mass is 1560 g/mol. The first kappa shape index (κ1) is 90.4. The maximum Gasteiger partial charge on any atom is 0.320 e. The lowest BCUT2D eigenvalue weighted by Crippen LogP contribution is -2.64. The summed E-state index contributed by atoms with van der Waals surface area (Å²) in [5, 5.41) is 170. The molecule has 0 spiro atoms. The van der Waals surface area contributed by atoms with Crippen molar-refractivity contribution in [2.24, 2.45) is 11.8 Å². The number of carbonyl (C=O) groups excluding carboxylic acids is 2. The van der Waals surface area contributed by atoms with Crippen LogP contribution < -0.4 is 10.6 Å². The second-order valence-electron chi connectivity index (χ2n) is 28.7. The number of aliphatic hydroxyl groups is 12. The van der Waals surface area contributed by atoms with Gasteiger partial charge in [0.2, 0.25) is 11.8 Å². The maximum absolute atomic E-state index is 13.6. The summed E-state index contributed by atoms with van der Waals surface area (Å²) < 4.78 is 53.4. The number of ether oxygens (including phenoxy) is 8. The highest BCUT2D eigenvalue weighted by Crippen LogP contribution is 2.30. The van der Waals surface area contributed by atoms with Gasteiger partial charge in [-0.3, -0.25) is 42.9 Å². The average Bonchev–Trinajstić information content (AvgIpc) is 1.52. The number of aliphatic carboxylic acids is 1. The number of carboxylic acid groups (broad SMARTS) is 1. The predicted octanol–water partition coefficient (Wildman–Crippen LogP) is -2.59. The number of hydrogen-bond donors (Lipinski definition) is 15. The number of rotatable bonds is 49. The summed E-state index contributed by atoms with van der Waals surface area (Å²) in [6, 6.07) is -3.07. The van der Waals surface area contributed by atoms with Gasteiger partial charge in [0.25, 0.3) is 0 Å². The molecular formula is C70H121N15O24. The molecule has 0 bridgehead atoms. The van der Waals surface area contributed by atoms with E-state index in [-0.39, 0.29) is 40.2 Å². The Morgan fingerprint density at radius 1 is 0.459 bits per heavy atom. The summed E-state index contributed by atoms with van der Waals surface area (Å²) in [7, 11) is 0. The standard InChI is InChI=1S/C69H117N15O24.CH4/c1-42-57(91)59(93)51(38-85)105-66(42)101-25-15-5-10-21-81-31-46(29-70-81)30-80(34-49-37-84(78-75-49)24-13-8-18-28-104-69-56(72-45(4)90)64(98)62(96)54(41-88)108-69)50(65(99)100)19-9-14-20-79(32-47-35-82(76-73-47)22-11-6-16-26-102-67-43(2)58(92)60(94)52(39-86)106-67)33-48-36-83(77-74-48)23-12-7-17-27-103-68-55(71-44(3)89)63(97)61(95)53(40-87)107-68;/h29,31,35-37,42-43,50-64,66-69,85-88,91-98H,5-28,30,32-34,38-41H2,1-4H3,(H,71,89)(H,72,90)(H,99,100);1H4/t42-,43-,50-,51-,52-,53-,54-,55-,56-,57-,58-,59+,60+,61+,62+,63-,64-,66-,67-,68-,69-;/m1./s1. The first-order valence-electron chi connectivity index (χ1n) is 37.9. The van der Waals surface area contributed by atoms with E-state index >= 15 is 0 Å². The van der Waals surface area contributed by atoms with E-state index in [0.29, 0.717) is 140 Å². The Morgan fingerprint density at radius 3 is 1.19 bits per heavy atom. The lowest BCUT2D eigenvalue weighted by molar-refractivity contribution is -0.282. The molecule has 8 heterocycles. The van der Waals surface area contributed by atoms with Gasteiger partial charge in [0.1, 0.15) is 79.2 Å². The highest BCUT2D eigenvalue weighted by Gasteiger charge is 2.48. The zero-order valence-corrected chi connectivity index (χ0v) is 62.3. The molecule has 0 aliphatic carbocycles. The molecule has 0 radical (unpaired) electrons. The van der Waals surface area contributed by atoms with E-state index in [0.717, 1.165) is 31.2 Å². The highest BCUT2D eigenvalue weighted by atomic mass is 16.7. The number of hydrogen-bond acceptors (Lipinski definition) is 32. The summed E-state index contributed by atoms with van der Waals surface area (Å²) in [4.78, 5) is 41.4. The van der Waals surface area contributed by atoms with Gasteiger partial charge in [-0.1, -0.05) is 43.3 Å². The van der Waals surface area contributed by atoms with Gasteiger partial charge in [0, 0.05) is 135 Å². The lowest BCUT2D eigenvalue weighted by atomic mass is 9.92. The summed E-state index contributed by atoms with van der Waals surface area (Å²) in [5.41, 5.74) is 2.71. The van der Waals surface area contributed by atoms with Crippen molar-refractivity contribution in [3.63, 3.8) is 0 Å². The molecule has 2 amide bonds. The van der Waals surface area contributed by atoms with Crippen LogP contribution in [0.15, 0.2) is 31.0 Å². The quantitative estimate of drug-likeness (QED) is 0.0202. The average molecular weight is 1560 g/mol. The molecule has 109 heavy (non-hydrogen) atoms. The molecule has 0 unspecified atom stereocenters. The van der Waals surface area contributed by atoms with Gasteiger partial charge in [-0.25, -0.2) is 0 Å². The molecular weight excluding hydrogens is 1430 g/mol. The molecule has 4 aliphatic heterocycles. The van der Waals surface area contributed by atoms with Gasteiger partial charge in [0.05, 0.1) is 61.9 Å². The van der Waals surface area contributed by atoms with Gasteiger partial charge in [-0.2, -0.15) is 5.10 Å². The second kappa shape index (κ2) is 46.4. The number of aliphatic hydroxyl groups excluding tert-OH is 12. The molecule has 15 N–H and O–H groups in total. The van der Waals surface area contributed by atoms with Gasteiger partial charge in [0.15, 0.2) is 25.2 Å². The number of amides is 2. The Labute approximate surface area is 634 Å². The number of aromatic nitrogens is 11. The fraction of sp³-hybridized carbons (Fsp3) is 0.829. The van der Waals surface area contributed by atoms with Gasteiger partial charge in [-0.05, 0) is 96.4 Å². The van der Waals surface area contributed by atoms with Gasteiger partial charge in [-0.15, -0.1) is 15.3 Å². The van der Waals surface area contributed by atoms with E-state index in [1.54, 1.807) is 40.3 Å². The molecule has 0 saturated carbocycles. The zero-order valence-electron chi connectivity index (χ0n) is 62.3. The smallest absolute Gasteiger partial charge is 0.320 e. The first-order valence-corrected chi connectivity index (χ1v) is 37.9. The Morgan fingerprint density at radius 2 is 0.817 bits per heavy atom. The van der Waals surface area contributed by atoms with E-state index < -0.39 is 173 Å². The molecule has 4 fully saturated rings. The summed E-state index contributed by atoms with van der Waals surface area (Å²) in [5.74, 6) is -2.93. The van der Waals surface area contributed by atoms with Crippen LogP contribution >= 0.6 is 0 Å². The van der Waals surface area contributed by atoms with E-state index in [1.165, 1.54) is 13.8 Å². The van der Waals surface area contributed by atoms with Crippen LogP contribution in [0.3, 0.4) is 0 Å². The number of nitrogens with zero attached hydrogens (tertiary/aromatic N) is 13. The molecule has 4 aliphatic rings. The molecule has 39 heteroatoms. The number of nitrogens with one attached hydrogen (secondary N) is 2. The van der Waals surface area contributed by atoms with Crippen LogP contribution in [-0.2, 0) is 105 Å². The topological polar surface area (TPSA) is 529 Å². The first-order chi connectivity index (χ1) is 52.0. The van der Waals surface area contributed by atoms with Crippen molar-refractivity contribution < 1.29 is 119 Å². The van der Waals surface area contributed by atoms with E-state index in [4.69, 9.17) is 37.9 Å². The van der Waals surface area contributed by atoms with E-state index in [1.807, 2.05) is 28.2 Å². The summed E-state index contributed by atoms with van der Waals surface area (Å²) in [6.07, 6.45) is 0.558. The Kier molecular flexibility index (Phi) is 38.4. The molecule has 39 nitrogen and oxygen atoms in total. The van der Waals surface area contributed by atoms with Crippen molar-refractivity contribution >= 4 is 17.8 Å². The number of carboxylic acids is 1. The molecule has 620 valence electrons. The normalized spacial score (nSPS) is 29.0. The minimum absolute atomic E-state index is 0. The van der Waals surface area contributed by atoms with Crippen molar-refractivity contribution in [3.8, 4) is 0 Å². The molecule has 8 rings (SSSR count). The second-order valence-corrected chi connectivity index (χ2v) is 28.7. The highest BCUT2D eigenvalue weighted by molar-refractivity contribution is 5.74. The van der Waals surface area contributed by atoms with Crippen molar-refractivity contribution in [1.29, 1.82) is 0 Å². The summed E-state index contributed by atoms with van der Waals surface area (Å²) in [6.45, 7) is 8.75. The number of carbonyl (C=O) groups is 3. The SMILES string of the molecule is C.CC(=O)N[C@H]1[C@H](OCCCCCn2cc(CN(CCCC[C@H](C(=O)O)N(Cc3cnn(CCCCCO[C@@H]4O[C@H](CO)[C@H](O)[C@H](O)[C@H]4C)c3)Cc3cn(CCCCCO[C@@H]4O[C@H](CO)[C@H](O)[C@H](O)[C@H]4NC(C)=O)nn3)Cc3cn(CCCCCO[C@@H]4O[C@H](CO)[C@H](O)[C@H](O)[C@H]4C)nn3)nn2)O[C@H](CO)[C@H](O)[C@@H]1O. The summed E-state index contributed by atoms with van der Waals surface area (Å²) >= 11 is 0. The molecule has 4 saturated heterocycles. The van der Waals surface area contributed by atoms with E-state index in [9.17, 15) is 80.8 Å². The minimum Gasteiger partial charge on any atom is -0.480 e. The largest absolute Gasteiger partial charge is 0.480 e. The van der Waals surface area contributed by atoms with Crippen LogP contribution in [0.25, 0.3) is 0 Å². The van der Waals surface area contributed by atoms with Crippen molar-refractivity contribution in [2.45, 2.75) is 300 Å². The van der Waals surface area contributed by atoms with Crippen LogP contribution in [0.5, 0.6) is 0 Å². The van der Waals surface area contributed by atoms with Crippen molar-refractivity contribution in [3.05, 3.63) is 53.6 Å². The molecule has 21 atom stereocenters. The third-order valence-corrected chi connectivity index (χ3v) is 20.0. The van der Waals surface area contributed by atoms with Crippen LogP contribution in [0.1, 0.15) is 154 Å². The molecule has 0 aromatic carbocycles.